The highest BCUT2D eigenvalue weighted by molar-refractivity contribution is 7.33. The minimum absolute atomic E-state index is 0.306. The highest BCUT2D eigenvalue weighted by atomic mass is 31.1. The van der Waals surface area contributed by atoms with Crippen LogP contribution in [0.5, 0.6) is 0 Å². The van der Waals surface area contributed by atoms with E-state index in [0.717, 1.165) is 0 Å². The third kappa shape index (κ3) is 6.02. The van der Waals surface area contributed by atoms with Crippen molar-refractivity contribution in [3.63, 3.8) is 0 Å². The van der Waals surface area contributed by atoms with E-state index < -0.39 is 14.4 Å². The van der Waals surface area contributed by atoms with E-state index in [1.165, 1.54) is 0 Å². The molecule has 0 fully saturated rings. The molecular weight excluding hydrogens is 205 g/mol. The molecule has 0 saturated heterocycles. The Labute approximate surface area is 85.0 Å². The summed E-state index contributed by atoms with van der Waals surface area (Å²) in [6.45, 7) is 7.51. The maximum atomic E-state index is 11.1. The predicted octanol–water partition coefficient (Wildman–Crippen LogP) is 2.57. The molecular formula is C8H17NO4P+. The lowest BCUT2D eigenvalue weighted by molar-refractivity contribution is 0.192. The molecule has 0 aliphatic heterocycles. The standard InChI is InChI=1S/C8H16NO4P/c1-6(2)5-12-14(11)13-8(4)7(3)9-10/h6,8H,5H2,1-4H3/p+1. The third-order valence-electron chi connectivity index (χ3n) is 1.50. The van der Waals surface area contributed by atoms with E-state index in [1.54, 1.807) is 13.8 Å². The van der Waals surface area contributed by atoms with Crippen LogP contribution in [0.25, 0.3) is 0 Å². The smallest absolute Gasteiger partial charge is 0.411 e. The molecule has 0 saturated carbocycles. The molecule has 0 rings (SSSR count). The summed E-state index contributed by atoms with van der Waals surface area (Å²) >= 11 is 0. The average Bonchev–Trinajstić information content (AvgIpc) is 2.13. The van der Waals surface area contributed by atoms with Gasteiger partial charge >= 0.3 is 8.25 Å². The highest BCUT2D eigenvalue weighted by Gasteiger charge is 2.26. The molecule has 0 radical (unpaired) electrons. The van der Waals surface area contributed by atoms with Gasteiger partial charge in [-0.15, -0.1) is 9.05 Å². The van der Waals surface area contributed by atoms with Crippen LogP contribution in [-0.2, 0) is 13.6 Å². The summed E-state index contributed by atoms with van der Waals surface area (Å²) in [5.41, 5.74) is 0.362. The SMILES string of the molecule is CC(=NO)C(C)O[P+](=O)OCC(C)C. The molecule has 0 spiro atoms. The van der Waals surface area contributed by atoms with E-state index in [1.807, 2.05) is 13.8 Å². The van der Waals surface area contributed by atoms with E-state index in [-0.39, 0.29) is 0 Å². The molecule has 0 amide bonds. The molecule has 0 aromatic rings. The van der Waals surface area contributed by atoms with Gasteiger partial charge in [0.15, 0.2) is 6.10 Å². The molecule has 14 heavy (non-hydrogen) atoms. The van der Waals surface area contributed by atoms with Gasteiger partial charge in [-0.3, -0.25) is 0 Å². The van der Waals surface area contributed by atoms with Crippen molar-refractivity contribution in [1.29, 1.82) is 0 Å². The summed E-state index contributed by atoms with van der Waals surface area (Å²) in [4.78, 5) is 0. The fourth-order valence-corrected chi connectivity index (χ4v) is 1.42. The van der Waals surface area contributed by atoms with Crippen molar-refractivity contribution >= 4 is 14.0 Å². The molecule has 2 unspecified atom stereocenters. The molecule has 0 aromatic heterocycles. The van der Waals surface area contributed by atoms with Gasteiger partial charge in [0, 0.05) is 4.57 Å². The Morgan fingerprint density at radius 1 is 1.50 bits per heavy atom. The van der Waals surface area contributed by atoms with Gasteiger partial charge in [-0.1, -0.05) is 19.0 Å². The lowest BCUT2D eigenvalue weighted by atomic mass is 10.2. The van der Waals surface area contributed by atoms with Crippen LogP contribution in [0.4, 0.5) is 0 Å². The van der Waals surface area contributed by atoms with E-state index in [9.17, 15) is 4.57 Å². The van der Waals surface area contributed by atoms with Crippen molar-refractivity contribution in [2.75, 3.05) is 6.61 Å². The topological polar surface area (TPSA) is 68.1 Å². The second-order valence-corrected chi connectivity index (χ2v) is 4.32. The van der Waals surface area contributed by atoms with Crippen molar-refractivity contribution in [2.45, 2.75) is 33.8 Å². The van der Waals surface area contributed by atoms with Crippen molar-refractivity contribution in [2.24, 2.45) is 11.1 Å². The minimum atomic E-state index is -2.13. The monoisotopic (exact) mass is 222 g/mol. The largest absolute Gasteiger partial charge is 0.698 e. The van der Waals surface area contributed by atoms with Gasteiger partial charge < -0.3 is 5.21 Å². The second kappa shape index (κ2) is 6.87. The Hall–Kier alpha value is -0.510. The van der Waals surface area contributed by atoms with Gasteiger partial charge in [-0.25, -0.2) is 0 Å². The van der Waals surface area contributed by atoms with E-state index in [0.29, 0.717) is 18.2 Å². The van der Waals surface area contributed by atoms with E-state index in [2.05, 4.69) is 5.16 Å². The Morgan fingerprint density at radius 2 is 2.07 bits per heavy atom. The number of oxime groups is 1. The third-order valence-corrected chi connectivity index (χ3v) is 2.35. The second-order valence-electron chi connectivity index (χ2n) is 3.40. The van der Waals surface area contributed by atoms with E-state index >= 15 is 0 Å². The molecule has 2 atom stereocenters. The summed E-state index contributed by atoms with van der Waals surface area (Å²) in [5, 5.41) is 11.4. The number of rotatable bonds is 6. The van der Waals surface area contributed by atoms with Crippen LogP contribution in [-0.4, -0.2) is 23.6 Å². The Balaban J connectivity index is 3.83. The first-order valence-electron chi connectivity index (χ1n) is 4.42. The first kappa shape index (κ1) is 13.5. The number of hydrogen-bond donors (Lipinski definition) is 1. The van der Waals surface area contributed by atoms with Crippen LogP contribution >= 0.6 is 8.25 Å². The minimum Gasteiger partial charge on any atom is -0.411 e. The molecule has 0 aliphatic rings. The first-order chi connectivity index (χ1) is 6.47. The van der Waals surface area contributed by atoms with Crippen LogP contribution in [0.15, 0.2) is 5.16 Å². The molecule has 82 valence electrons. The molecule has 1 N–H and O–H groups in total. The summed E-state index contributed by atoms with van der Waals surface area (Å²) in [7, 11) is -2.13. The zero-order valence-electron chi connectivity index (χ0n) is 8.93. The predicted molar refractivity (Wildman–Crippen MR) is 53.8 cm³/mol. The number of hydrogen-bond acceptors (Lipinski definition) is 5. The van der Waals surface area contributed by atoms with Gasteiger partial charge in [-0.05, 0) is 19.8 Å². The van der Waals surface area contributed by atoms with Crippen LogP contribution in [0.1, 0.15) is 27.7 Å². The summed E-state index contributed by atoms with van der Waals surface area (Å²) in [5.74, 6) is 0.306. The molecule has 0 aromatic carbocycles. The molecule has 5 nitrogen and oxygen atoms in total. The maximum Gasteiger partial charge on any atom is 0.698 e. The lowest BCUT2D eigenvalue weighted by Crippen LogP contribution is -2.15. The molecule has 6 heteroatoms. The summed E-state index contributed by atoms with van der Waals surface area (Å²) in [6, 6.07) is 0. The van der Waals surface area contributed by atoms with Crippen molar-refractivity contribution in [1.82, 2.24) is 0 Å². The van der Waals surface area contributed by atoms with Crippen LogP contribution in [0, 0.1) is 5.92 Å². The molecule has 0 heterocycles. The van der Waals surface area contributed by atoms with Crippen LogP contribution < -0.4 is 0 Å². The normalized spacial score (nSPS) is 15.8. The quantitative estimate of drug-likeness (QED) is 0.324. The van der Waals surface area contributed by atoms with Crippen molar-refractivity contribution < 1.29 is 18.8 Å². The van der Waals surface area contributed by atoms with Gasteiger partial charge in [-0.2, -0.15) is 0 Å². The molecule has 0 aliphatic carbocycles. The first-order valence-corrected chi connectivity index (χ1v) is 5.52. The molecule has 0 bridgehead atoms. The van der Waals surface area contributed by atoms with Gasteiger partial charge in [0.05, 0.1) is 5.71 Å². The van der Waals surface area contributed by atoms with Crippen LogP contribution in [0.3, 0.4) is 0 Å². The summed E-state index contributed by atoms with van der Waals surface area (Å²) < 4.78 is 21.0. The van der Waals surface area contributed by atoms with Gasteiger partial charge in [0.1, 0.15) is 6.61 Å². The van der Waals surface area contributed by atoms with Crippen molar-refractivity contribution in [3.8, 4) is 0 Å². The van der Waals surface area contributed by atoms with Crippen molar-refractivity contribution in [3.05, 3.63) is 0 Å². The van der Waals surface area contributed by atoms with E-state index in [4.69, 9.17) is 14.3 Å². The Bertz CT molecular complexity index is 217. The van der Waals surface area contributed by atoms with Gasteiger partial charge in [0.2, 0.25) is 0 Å². The lowest BCUT2D eigenvalue weighted by Gasteiger charge is -2.01. The fourth-order valence-electron chi connectivity index (χ4n) is 0.527. The summed E-state index contributed by atoms with van der Waals surface area (Å²) in [6.07, 6.45) is -0.504. The zero-order chi connectivity index (χ0) is 11.1. The fraction of sp³-hybridized carbons (Fsp3) is 0.875. The average molecular weight is 222 g/mol. The van der Waals surface area contributed by atoms with Gasteiger partial charge in [0.25, 0.3) is 0 Å². The zero-order valence-corrected chi connectivity index (χ0v) is 9.82. The highest BCUT2D eigenvalue weighted by Crippen LogP contribution is 2.27. The Kier molecular flexibility index (Phi) is 6.62. The maximum absolute atomic E-state index is 11.1. The Morgan fingerprint density at radius 3 is 2.50 bits per heavy atom. The number of nitrogens with zero attached hydrogens (tertiary/aromatic N) is 1. The van der Waals surface area contributed by atoms with Crippen LogP contribution in [0.2, 0.25) is 0 Å².